The number of nitrogens with zero attached hydrogens (tertiary/aromatic N) is 1. The first-order valence-corrected chi connectivity index (χ1v) is 6.31. The maximum absolute atomic E-state index is 9.22. The van der Waals surface area contributed by atoms with Crippen LogP contribution in [0.15, 0.2) is 66.7 Å². The standard InChI is InChI=1S/C18H15NO/c1-20-18-12-10-16(11-13-18)17(14-19)9-5-8-15-6-3-2-4-7-15/h2-13H,1H3/b8-5+,17-9-. The first-order chi connectivity index (χ1) is 9.83. The lowest BCUT2D eigenvalue weighted by Crippen LogP contribution is -1.84. The van der Waals surface area contributed by atoms with E-state index in [1.54, 1.807) is 7.11 Å². The van der Waals surface area contributed by atoms with Crippen LogP contribution in [0.3, 0.4) is 0 Å². The molecule has 98 valence electrons. The minimum atomic E-state index is 0.625. The van der Waals surface area contributed by atoms with E-state index in [9.17, 15) is 5.26 Å². The van der Waals surface area contributed by atoms with Crippen molar-refractivity contribution in [2.45, 2.75) is 0 Å². The van der Waals surface area contributed by atoms with Crippen molar-refractivity contribution in [1.82, 2.24) is 0 Å². The van der Waals surface area contributed by atoms with E-state index in [-0.39, 0.29) is 0 Å². The first-order valence-electron chi connectivity index (χ1n) is 6.31. The molecule has 2 rings (SSSR count). The van der Waals surface area contributed by atoms with Gasteiger partial charge in [-0.1, -0.05) is 42.5 Å². The number of nitriles is 1. The fourth-order valence-corrected chi connectivity index (χ4v) is 1.79. The maximum atomic E-state index is 9.22. The van der Waals surface area contributed by atoms with Crippen LogP contribution in [0.25, 0.3) is 11.6 Å². The van der Waals surface area contributed by atoms with Gasteiger partial charge in [0.15, 0.2) is 0 Å². The minimum absolute atomic E-state index is 0.625. The summed E-state index contributed by atoms with van der Waals surface area (Å²) >= 11 is 0. The number of methoxy groups -OCH3 is 1. The number of rotatable bonds is 4. The molecule has 0 atom stereocenters. The highest BCUT2D eigenvalue weighted by Crippen LogP contribution is 2.18. The Balaban J connectivity index is 2.17. The summed E-state index contributed by atoms with van der Waals surface area (Å²) in [5, 5.41) is 9.22. The second kappa shape index (κ2) is 6.96. The second-order valence-corrected chi connectivity index (χ2v) is 4.19. The van der Waals surface area contributed by atoms with Gasteiger partial charge in [0.1, 0.15) is 5.75 Å². The molecule has 2 aromatic rings. The number of ether oxygens (including phenoxy) is 1. The molecule has 0 bridgehead atoms. The Labute approximate surface area is 119 Å². The predicted molar refractivity (Wildman–Crippen MR) is 82.1 cm³/mol. The van der Waals surface area contributed by atoms with Gasteiger partial charge < -0.3 is 4.74 Å². The van der Waals surface area contributed by atoms with Crippen molar-refractivity contribution in [3.63, 3.8) is 0 Å². The number of hydrogen-bond acceptors (Lipinski definition) is 2. The molecule has 0 aliphatic rings. The molecule has 2 aromatic carbocycles. The largest absolute Gasteiger partial charge is 0.497 e. The Morgan fingerprint density at radius 2 is 1.75 bits per heavy atom. The van der Waals surface area contributed by atoms with Crippen LogP contribution in [-0.2, 0) is 0 Å². The molecular formula is C18H15NO. The average molecular weight is 261 g/mol. The number of allylic oxidation sites excluding steroid dienone is 3. The number of hydrogen-bond donors (Lipinski definition) is 0. The third kappa shape index (κ3) is 3.60. The smallest absolute Gasteiger partial charge is 0.118 e. The van der Waals surface area contributed by atoms with Crippen LogP contribution in [0.5, 0.6) is 5.75 Å². The zero-order valence-corrected chi connectivity index (χ0v) is 11.3. The van der Waals surface area contributed by atoms with Gasteiger partial charge in [0.2, 0.25) is 0 Å². The molecule has 0 heterocycles. The Bertz CT molecular complexity index is 646. The van der Waals surface area contributed by atoms with Gasteiger partial charge in [-0.15, -0.1) is 0 Å². The van der Waals surface area contributed by atoms with Crippen LogP contribution < -0.4 is 4.74 Å². The van der Waals surface area contributed by atoms with E-state index in [0.717, 1.165) is 16.9 Å². The van der Waals surface area contributed by atoms with E-state index in [2.05, 4.69) is 6.07 Å². The number of benzene rings is 2. The van der Waals surface area contributed by atoms with Crippen molar-refractivity contribution in [3.05, 3.63) is 77.9 Å². The van der Waals surface area contributed by atoms with Crippen molar-refractivity contribution >= 4 is 11.6 Å². The van der Waals surface area contributed by atoms with Crippen molar-refractivity contribution in [2.75, 3.05) is 7.11 Å². The molecule has 0 unspecified atom stereocenters. The quantitative estimate of drug-likeness (QED) is 0.606. The van der Waals surface area contributed by atoms with Crippen LogP contribution in [0.4, 0.5) is 0 Å². The van der Waals surface area contributed by atoms with E-state index in [0.29, 0.717) is 5.57 Å². The topological polar surface area (TPSA) is 33.0 Å². The summed E-state index contributed by atoms with van der Waals surface area (Å²) in [4.78, 5) is 0. The second-order valence-electron chi connectivity index (χ2n) is 4.19. The minimum Gasteiger partial charge on any atom is -0.497 e. The van der Waals surface area contributed by atoms with E-state index in [1.807, 2.05) is 72.8 Å². The fourth-order valence-electron chi connectivity index (χ4n) is 1.79. The van der Waals surface area contributed by atoms with Crippen LogP contribution >= 0.6 is 0 Å². The zero-order chi connectivity index (χ0) is 14.2. The van der Waals surface area contributed by atoms with Gasteiger partial charge in [-0.25, -0.2) is 0 Å². The third-order valence-corrected chi connectivity index (χ3v) is 2.87. The van der Waals surface area contributed by atoms with Crippen molar-refractivity contribution in [1.29, 1.82) is 5.26 Å². The Kier molecular flexibility index (Phi) is 4.75. The highest BCUT2D eigenvalue weighted by Gasteiger charge is 1.99. The van der Waals surface area contributed by atoms with Gasteiger partial charge in [-0.05, 0) is 41.5 Å². The summed E-state index contributed by atoms with van der Waals surface area (Å²) in [6.45, 7) is 0. The van der Waals surface area contributed by atoms with Gasteiger partial charge in [-0.3, -0.25) is 0 Å². The van der Waals surface area contributed by atoms with Gasteiger partial charge in [0.05, 0.1) is 18.8 Å². The van der Waals surface area contributed by atoms with Crippen molar-refractivity contribution in [2.24, 2.45) is 0 Å². The summed E-state index contributed by atoms with van der Waals surface area (Å²) in [5.74, 6) is 0.783. The Hall–Kier alpha value is -2.79. The lowest BCUT2D eigenvalue weighted by molar-refractivity contribution is 0.415. The maximum Gasteiger partial charge on any atom is 0.118 e. The molecule has 0 saturated carbocycles. The fraction of sp³-hybridized carbons (Fsp3) is 0.0556. The summed E-state index contributed by atoms with van der Waals surface area (Å²) in [6, 6.07) is 19.6. The highest BCUT2D eigenvalue weighted by molar-refractivity contribution is 5.78. The van der Waals surface area contributed by atoms with Crippen LogP contribution in [0.1, 0.15) is 11.1 Å². The van der Waals surface area contributed by atoms with Crippen molar-refractivity contribution < 1.29 is 4.74 Å². The zero-order valence-electron chi connectivity index (χ0n) is 11.3. The van der Waals surface area contributed by atoms with Crippen LogP contribution in [0, 0.1) is 11.3 Å². The molecule has 2 nitrogen and oxygen atoms in total. The van der Waals surface area contributed by atoms with E-state index < -0.39 is 0 Å². The summed E-state index contributed by atoms with van der Waals surface area (Å²) in [6.07, 6.45) is 5.67. The molecule has 0 aliphatic heterocycles. The molecule has 0 N–H and O–H groups in total. The van der Waals surface area contributed by atoms with E-state index in [4.69, 9.17) is 4.74 Å². The molecule has 2 heteroatoms. The van der Waals surface area contributed by atoms with Gasteiger partial charge in [0.25, 0.3) is 0 Å². The molecule has 0 aliphatic carbocycles. The van der Waals surface area contributed by atoms with E-state index >= 15 is 0 Å². The molecule has 0 aromatic heterocycles. The molecule has 0 fully saturated rings. The third-order valence-electron chi connectivity index (χ3n) is 2.87. The molecule has 0 amide bonds. The molecule has 0 spiro atoms. The lowest BCUT2D eigenvalue weighted by Gasteiger charge is -2.01. The first kappa shape index (κ1) is 13.6. The Morgan fingerprint density at radius 1 is 1.05 bits per heavy atom. The Morgan fingerprint density at radius 3 is 2.35 bits per heavy atom. The molecule has 0 saturated heterocycles. The van der Waals surface area contributed by atoms with Crippen LogP contribution in [-0.4, -0.2) is 7.11 Å². The summed E-state index contributed by atoms with van der Waals surface area (Å²) < 4.78 is 5.11. The normalized spacial score (nSPS) is 11.3. The van der Waals surface area contributed by atoms with Crippen molar-refractivity contribution in [3.8, 4) is 11.8 Å². The van der Waals surface area contributed by atoms with Gasteiger partial charge >= 0.3 is 0 Å². The predicted octanol–water partition coefficient (Wildman–Crippen LogP) is 4.32. The van der Waals surface area contributed by atoms with Gasteiger partial charge in [-0.2, -0.15) is 5.26 Å². The molecule has 20 heavy (non-hydrogen) atoms. The summed E-state index contributed by atoms with van der Waals surface area (Å²) in [7, 11) is 1.62. The molecular weight excluding hydrogens is 246 g/mol. The molecule has 0 radical (unpaired) electrons. The van der Waals surface area contributed by atoms with Gasteiger partial charge in [0, 0.05) is 0 Å². The SMILES string of the molecule is COc1ccc(/C(C#N)=C\C=C\c2ccccc2)cc1. The van der Waals surface area contributed by atoms with E-state index in [1.165, 1.54) is 0 Å². The summed E-state index contributed by atoms with van der Waals surface area (Å²) in [5.41, 5.74) is 2.61. The average Bonchev–Trinajstić information content (AvgIpc) is 2.53. The monoisotopic (exact) mass is 261 g/mol. The highest BCUT2D eigenvalue weighted by atomic mass is 16.5. The lowest BCUT2D eigenvalue weighted by atomic mass is 10.1. The van der Waals surface area contributed by atoms with Crippen LogP contribution in [0.2, 0.25) is 0 Å².